The molecule has 1 aromatic carbocycles. The van der Waals surface area contributed by atoms with Gasteiger partial charge in [0, 0.05) is 0 Å². The number of carbonyl (C=O) groups is 1. The number of nitrogens with two attached hydrogens (primary N) is 1. The Morgan fingerprint density at radius 2 is 2.06 bits per heavy atom. The van der Waals surface area contributed by atoms with E-state index in [2.05, 4.69) is 6.58 Å². The molecule has 0 aliphatic rings. The number of rotatable bonds is 5. The number of hydrogen-bond acceptors (Lipinski definition) is 5. The van der Waals surface area contributed by atoms with Crippen LogP contribution < -0.4 is 5.73 Å². The third kappa shape index (κ3) is 7.11. The first-order chi connectivity index (χ1) is 8.65. The second kappa shape index (κ2) is 9.96. The molecule has 0 aliphatic carbocycles. The van der Waals surface area contributed by atoms with Crippen molar-refractivity contribution in [1.29, 1.82) is 5.41 Å². The average Bonchev–Trinajstić information content (AvgIpc) is 2.38. The van der Waals surface area contributed by atoms with Gasteiger partial charge in [-0.2, -0.15) is 0 Å². The highest BCUT2D eigenvalue weighted by Crippen LogP contribution is 2.02. The van der Waals surface area contributed by atoms with Crippen molar-refractivity contribution in [3.63, 3.8) is 0 Å². The normalized spacial score (nSPS) is 10.3. The molecule has 3 N–H and O–H groups in total. The number of ether oxygens (including phenoxy) is 1. The van der Waals surface area contributed by atoms with Gasteiger partial charge in [-0.25, -0.2) is 10.2 Å². The Kier molecular flexibility index (Phi) is 8.72. The standard InChI is InChI=1S/C12H15NO2.CHNO/c1-2-8-15-12(14)11(13)9-10-6-4-3-5-7-10;2-1-3/h2-7,11H,1,8-9,13H2;2H/t11-;/m0./s1. The molecule has 0 radical (unpaired) electrons. The fourth-order valence-electron chi connectivity index (χ4n) is 1.20. The Morgan fingerprint density at radius 3 is 2.56 bits per heavy atom. The lowest BCUT2D eigenvalue weighted by molar-refractivity contribution is -0.143. The van der Waals surface area contributed by atoms with Gasteiger partial charge < -0.3 is 10.5 Å². The van der Waals surface area contributed by atoms with Gasteiger partial charge in [0.25, 0.3) is 0 Å². The lowest BCUT2D eigenvalue weighted by Crippen LogP contribution is -2.34. The topological polar surface area (TPSA) is 93.2 Å². The maximum absolute atomic E-state index is 11.3. The number of benzene rings is 1. The summed E-state index contributed by atoms with van der Waals surface area (Å²) in [6.07, 6.45) is 2.77. The van der Waals surface area contributed by atoms with Gasteiger partial charge in [-0.3, -0.25) is 4.79 Å². The zero-order valence-corrected chi connectivity index (χ0v) is 9.96. The molecule has 0 aliphatic heterocycles. The van der Waals surface area contributed by atoms with Gasteiger partial charge in [-0.1, -0.05) is 43.0 Å². The van der Waals surface area contributed by atoms with Crippen molar-refractivity contribution in [2.45, 2.75) is 12.5 Å². The van der Waals surface area contributed by atoms with E-state index in [0.29, 0.717) is 6.42 Å². The van der Waals surface area contributed by atoms with Crippen LogP contribution in [-0.2, 0) is 20.7 Å². The highest BCUT2D eigenvalue weighted by molar-refractivity contribution is 5.75. The smallest absolute Gasteiger partial charge is 0.323 e. The van der Waals surface area contributed by atoms with Crippen molar-refractivity contribution >= 4 is 12.0 Å². The second-order valence-electron chi connectivity index (χ2n) is 3.32. The molecule has 0 heterocycles. The van der Waals surface area contributed by atoms with E-state index in [0.717, 1.165) is 11.6 Å². The predicted octanol–water partition coefficient (Wildman–Crippen LogP) is 1.19. The molecule has 0 amide bonds. The first kappa shape index (κ1) is 15.8. The number of esters is 1. The van der Waals surface area contributed by atoms with Gasteiger partial charge >= 0.3 is 5.97 Å². The van der Waals surface area contributed by atoms with Gasteiger partial charge in [0.15, 0.2) is 0 Å². The molecule has 1 aromatic rings. The van der Waals surface area contributed by atoms with E-state index in [9.17, 15) is 4.79 Å². The molecule has 18 heavy (non-hydrogen) atoms. The number of carbonyl (C=O) groups excluding carboxylic acids is 2. The Morgan fingerprint density at radius 1 is 1.50 bits per heavy atom. The van der Waals surface area contributed by atoms with E-state index in [1.807, 2.05) is 30.3 Å². The summed E-state index contributed by atoms with van der Waals surface area (Å²) < 4.78 is 4.84. The zero-order chi connectivity index (χ0) is 13.8. The molecule has 0 fully saturated rings. The van der Waals surface area contributed by atoms with Gasteiger partial charge in [0.1, 0.15) is 12.6 Å². The Balaban J connectivity index is 0.000000873. The van der Waals surface area contributed by atoms with Crippen LogP contribution in [0.25, 0.3) is 0 Å². The summed E-state index contributed by atoms with van der Waals surface area (Å²) >= 11 is 0. The van der Waals surface area contributed by atoms with Gasteiger partial charge in [-0.15, -0.1) is 0 Å². The molecule has 0 aromatic heterocycles. The Hall–Kier alpha value is -2.23. The fourth-order valence-corrected chi connectivity index (χ4v) is 1.20. The lowest BCUT2D eigenvalue weighted by atomic mass is 10.1. The van der Waals surface area contributed by atoms with Crippen LogP contribution in [0.1, 0.15) is 5.56 Å². The Labute approximate surface area is 106 Å². The Bertz CT molecular complexity index is 398. The van der Waals surface area contributed by atoms with Crippen LogP contribution in [0, 0.1) is 5.41 Å². The van der Waals surface area contributed by atoms with Crippen molar-refractivity contribution in [2.75, 3.05) is 6.61 Å². The fraction of sp³-hybridized carbons (Fsp3) is 0.231. The van der Waals surface area contributed by atoms with Gasteiger partial charge in [0.05, 0.1) is 0 Å². The largest absolute Gasteiger partial charge is 0.460 e. The highest BCUT2D eigenvalue weighted by Gasteiger charge is 2.14. The minimum Gasteiger partial charge on any atom is -0.460 e. The highest BCUT2D eigenvalue weighted by atomic mass is 16.5. The second-order valence-corrected chi connectivity index (χ2v) is 3.32. The van der Waals surface area contributed by atoms with Crippen molar-refractivity contribution < 1.29 is 14.3 Å². The third-order valence-corrected chi connectivity index (χ3v) is 1.94. The van der Waals surface area contributed by atoms with Crippen LogP contribution >= 0.6 is 0 Å². The number of isocyanates is 1. The average molecular weight is 248 g/mol. The van der Waals surface area contributed by atoms with E-state index in [1.54, 1.807) is 0 Å². The molecule has 0 spiro atoms. The predicted molar refractivity (Wildman–Crippen MR) is 67.7 cm³/mol. The van der Waals surface area contributed by atoms with E-state index in [4.69, 9.17) is 20.7 Å². The van der Waals surface area contributed by atoms with Crippen LogP contribution in [-0.4, -0.2) is 24.7 Å². The number of nitrogens with one attached hydrogen (secondary N) is 1. The summed E-state index contributed by atoms with van der Waals surface area (Å²) in [6, 6.07) is 9.01. The minimum absolute atomic E-state index is 0.210. The number of hydrogen-bond donors (Lipinski definition) is 2. The van der Waals surface area contributed by atoms with Crippen LogP contribution in [0.15, 0.2) is 43.0 Å². The van der Waals surface area contributed by atoms with E-state index in [-0.39, 0.29) is 6.61 Å². The summed E-state index contributed by atoms with van der Waals surface area (Å²) in [7, 11) is 0. The van der Waals surface area contributed by atoms with E-state index >= 15 is 0 Å². The summed E-state index contributed by atoms with van der Waals surface area (Å²) in [4.78, 5) is 19.7. The van der Waals surface area contributed by atoms with Crippen LogP contribution in [0.2, 0.25) is 0 Å². The quantitative estimate of drug-likeness (QED) is 0.354. The van der Waals surface area contributed by atoms with Gasteiger partial charge in [-0.05, 0) is 12.0 Å². The van der Waals surface area contributed by atoms with Crippen LogP contribution in [0.4, 0.5) is 0 Å². The zero-order valence-electron chi connectivity index (χ0n) is 9.96. The molecule has 0 unspecified atom stereocenters. The molecule has 0 saturated carbocycles. The first-order valence-corrected chi connectivity index (χ1v) is 5.26. The van der Waals surface area contributed by atoms with E-state index in [1.165, 1.54) is 6.08 Å². The molecule has 5 heteroatoms. The summed E-state index contributed by atoms with van der Waals surface area (Å²) in [6.45, 7) is 3.67. The molecular formula is C13H16N2O3. The molecule has 0 bridgehead atoms. The molecule has 0 saturated heterocycles. The molecule has 96 valence electrons. The molecule has 5 nitrogen and oxygen atoms in total. The van der Waals surface area contributed by atoms with Crippen molar-refractivity contribution in [2.24, 2.45) is 5.73 Å². The van der Waals surface area contributed by atoms with Crippen molar-refractivity contribution in [1.82, 2.24) is 0 Å². The van der Waals surface area contributed by atoms with Crippen molar-refractivity contribution in [3.05, 3.63) is 48.6 Å². The van der Waals surface area contributed by atoms with Crippen LogP contribution in [0.3, 0.4) is 0 Å². The summed E-state index contributed by atoms with van der Waals surface area (Å²) in [5.41, 5.74) is 6.71. The molecule has 1 atom stereocenters. The van der Waals surface area contributed by atoms with E-state index < -0.39 is 12.0 Å². The molecule has 1 rings (SSSR count). The first-order valence-electron chi connectivity index (χ1n) is 5.26. The van der Waals surface area contributed by atoms with Crippen LogP contribution in [0.5, 0.6) is 0 Å². The maximum atomic E-state index is 11.3. The summed E-state index contributed by atoms with van der Waals surface area (Å²) in [5.74, 6) is -0.390. The lowest BCUT2D eigenvalue weighted by Gasteiger charge is -2.10. The third-order valence-electron chi connectivity index (χ3n) is 1.94. The van der Waals surface area contributed by atoms with Crippen molar-refractivity contribution in [3.8, 4) is 0 Å². The minimum atomic E-state index is -0.604. The monoisotopic (exact) mass is 248 g/mol. The summed E-state index contributed by atoms with van der Waals surface area (Å²) in [5, 5.41) is 5.40. The molecular weight excluding hydrogens is 232 g/mol. The maximum Gasteiger partial charge on any atom is 0.323 e. The SMILES string of the molecule is C=CCOC(=O)[C@@H](N)Cc1ccccc1.N=C=O. The van der Waals surface area contributed by atoms with Gasteiger partial charge in [0.2, 0.25) is 6.08 Å².